The van der Waals surface area contributed by atoms with E-state index in [1.54, 1.807) is 24.3 Å². The molecule has 2 N–H and O–H groups in total. The third kappa shape index (κ3) is 4.06. The third-order valence-corrected chi connectivity index (χ3v) is 7.60. The number of nitrogens with zero attached hydrogens (tertiary/aromatic N) is 2. The number of pyridine rings is 1. The first-order chi connectivity index (χ1) is 15.8. The van der Waals surface area contributed by atoms with Crippen molar-refractivity contribution in [2.24, 2.45) is 5.92 Å². The predicted octanol–water partition coefficient (Wildman–Crippen LogP) is 2.29. The van der Waals surface area contributed by atoms with Gasteiger partial charge in [-0.25, -0.2) is 8.42 Å². The van der Waals surface area contributed by atoms with Crippen molar-refractivity contribution >= 4 is 44.4 Å². The van der Waals surface area contributed by atoms with Crippen molar-refractivity contribution in [3.05, 3.63) is 66.4 Å². The summed E-state index contributed by atoms with van der Waals surface area (Å²) in [5.74, 6) is 0.254. The molecule has 0 bridgehead atoms. The third-order valence-electron chi connectivity index (χ3n) is 6.49. The smallest absolute Gasteiger partial charge is 0.423 e. The number of fused-ring (bicyclic) bond motifs is 3. The van der Waals surface area contributed by atoms with E-state index in [0.29, 0.717) is 18.7 Å². The van der Waals surface area contributed by atoms with Crippen LogP contribution in [0.2, 0.25) is 0 Å². The second kappa shape index (κ2) is 8.57. The Balaban J connectivity index is 1.87. The molecule has 33 heavy (non-hydrogen) atoms. The maximum absolute atomic E-state index is 12.4. The Kier molecular flexibility index (Phi) is 5.74. The zero-order valence-electron chi connectivity index (χ0n) is 18.3. The molecule has 4 aromatic rings. The first-order valence-corrected chi connectivity index (χ1v) is 12.9. The van der Waals surface area contributed by atoms with E-state index in [9.17, 15) is 18.5 Å². The summed E-state index contributed by atoms with van der Waals surface area (Å²) in [6, 6.07) is 16.9. The van der Waals surface area contributed by atoms with Crippen LogP contribution in [0.25, 0.3) is 21.9 Å². The number of ether oxygens (including phenoxy) is 1. The van der Waals surface area contributed by atoms with Crippen molar-refractivity contribution in [3.63, 3.8) is 0 Å². The Hall–Kier alpha value is -2.72. The molecule has 0 unspecified atom stereocenters. The van der Waals surface area contributed by atoms with E-state index in [1.807, 2.05) is 18.2 Å². The summed E-state index contributed by atoms with van der Waals surface area (Å²) in [5, 5.41) is 20.5. The van der Waals surface area contributed by atoms with E-state index >= 15 is 0 Å². The molecule has 0 radical (unpaired) electrons. The minimum absolute atomic E-state index is 0.0993. The van der Waals surface area contributed by atoms with Crippen molar-refractivity contribution in [1.29, 1.82) is 0 Å². The maximum Gasteiger partial charge on any atom is 0.490 e. The number of benzene rings is 2. The van der Waals surface area contributed by atoms with Gasteiger partial charge in [-0.3, -0.25) is 4.98 Å². The van der Waals surface area contributed by atoms with Crippen molar-refractivity contribution in [1.82, 2.24) is 9.55 Å². The highest BCUT2D eigenvalue weighted by molar-refractivity contribution is 7.90. The molecule has 1 atom stereocenters. The second-order valence-electron chi connectivity index (χ2n) is 8.64. The Morgan fingerprint density at radius 1 is 1.06 bits per heavy atom. The lowest BCUT2D eigenvalue weighted by molar-refractivity contribution is 0.0553. The van der Waals surface area contributed by atoms with E-state index in [4.69, 9.17) is 4.74 Å². The van der Waals surface area contributed by atoms with E-state index in [-0.39, 0.29) is 22.3 Å². The lowest BCUT2D eigenvalue weighted by atomic mass is 9.81. The van der Waals surface area contributed by atoms with Gasteiger partial charge >= 0.3 is 7.12 Å². The summed E-state index contributed by atoms with van der Waals surface area (Å²) in [4.78, 5) is 4.79. The lowest BCUT2D eigenvalue weighted by Crippen LogP contribution is -2.31. The van der Waals surface area contributed by atoms with E-state index < -0.39 is 17.0 Å². The minimum Gasteiger partial charge on any atom is -0.423 e. The first kappa shape index (κ1) is 22.1. The fraction of sp³-hybridized carbons (Fsp3) is 0.292. The highest BCUT2D eigenvalue weighted by atomic mass is 32.2. The molecule has 9 heteroatoms. The average Bonchev–Trinajstić information content (AvgIpc) is 3.13. The molecule has 0 spiro atoms. The number of sulfone groups is 1. The van der Waals surface area contributed by atoms with Crippen LogP contribution in [-0.4, -0.2) is 54.6 Å². The van der Waals surface area contributed by atoms with Gasteiger partial charge in [-0.15, -0.1) is 0 Å². The van der Waals surface area contributed by atoms with Gasteiger partial charge in [0.25, 0.3) is 0 Å². The molecule has 1 aliphatic heterocycles. The van der Waals surface area contributed by atoms with Gasteiger partial charge < -0.3 is 19.4 Å². The first-order valence-electron chi connectivity index (χ1n) is 11.0. The van der Waals surface area contributed by atoms with Gasteiger partial charge in [0.2, 0.25) is 0 Å². The van der Waals surface area contributed by atoms with Crippen LogP contribution in [0.1, 0.15) is 24.4 Å². The minimum atomic E-state index is -3.42. The largest absolute Gasteiger partial charge is 0.490 e. The highest BCUT2D eigenvalue weighted by Crippen LogP contribution is 2.40. The van der Waals surface area contributed by atoms with Crippen LogP contribution in [0.3, 0.4) is 0 Å². The van der Waals surface area contributed by atoms with Gasteiger partial charge in [-0.05, 0) is 48.6 Å². The Morgan fingerprint density at radius 2 is 1.79 bits per heavy atom. The zero-order chi connectivity index (χ0) is 23.2. The average molecular weight is 464 g/mol. The summed E-state index contributed by atoms with van der Waals surface area (Å²) >= 11 is 0. The van der Waals surface area contributed by atoms with Crippen LogP contribution >= 0.6 is 0 Å². The molecule has 170 valence electrons. The van der Waals surface area contributed by atoms with Gasteiger partial charge in [-0.1, -0.05) is 30.3 Å². The van der Waals surface area contributed by atoms with Crippen LogP contribution in [0.4, 0.5) is 0 Å². The topological polar surface area (TPSA) is 102 Å². The number of hydrogen-bond acceptors (Lipinski definition) is 6. The second-order valence-corrected chi connectivity index (χ2v) is 10.7. The summed E-state index contributed by atoms with van der Waals surface area (Å²) in [7, 11) is -5.07. The fourth-order valence-electron chi connectivity index (χ4n) is 4.89. The summed E-state index contributed by atoms with van der Waals surface area (Å²) < 4.78 is 32.5. The van der Waals surface area contributed by atoms with Crippen molar-refractivity contribution < 1.29 is 23.2 Å². The van der Waals surface area contributed by atoms with E-state index in [2.05, 4.69) is 21.7 Å². The Morgan fingerprint density at radius 3 is 2.45 bits per heavy atom. The number of hydrogen-bond donors (Lipinski definition) is 2. The highest BCUT2D eigenvalue weighted by Gasteiger charge is 2.30. The number of aromatic nitrogens is 2. The summed E-state index contributed by atoms with van der Waals surface area (Å²) in [6.45, 7) is 1.33. The molecular weight excluding hydrogens is 439 g/mol. The van der Waals surface area contributed by atoms with Crippen LogP contribution in [0, 0.1) is 5.92 Å². The fourth-order valence-corrected chi connectivity index (χ4v) is 5.53. The predicted molar refractivity (Wildman–Crippen MR) is 128 cm³/mol. The quantitative estimate of drug-likeness (QED) is 0.440. The zero-order valence-corrected chi connectivity index (χ0v) is 19.1. The molecule has 3 heterocycles. The molecule has 0 amide bonds. The molecule has 0 aliphatic carbocycles. The number of rotatable bonds is 5. The lowest BCUT2D eigenvalue weighted by Gasteiger charge is -2.33. The standard InChI is InChI=1S/C24H25BN2O5S/c1-33(30,31)19-7-8-20-21(14-19)27(22-13-18(25(28)29)15-26-23(20)22)24(16-5-3-2-4-6-16)17-9-11-32-12-10-17/h2-8,13-15,17,24,28-29H,9-12H2,1H3/t24-/m1/s1. The molecule has 0 saturated carbocycles. The molecule has 1 aliphatic rings. The van der Waals surface area contributed by atoms with Crippen LogP contribution in [-0.2, 0) is 14.6 Å². The molecule has 2 aromatic carbocycles. The Labute approximate surface area is 192 Å². The van der Waals surface area contributed by atoms with E-state index in [1.165, 1.54) is 12.5 Å². The molecule has 2 aromatic heterocycles. The molecular formula is C24H25BN2O5S. The molecule has 1 fully saturated rings. The van der Waals surface area contributed by atoms with Crippen LogP contribution < -0.4 is 5.46 Å². The van der Waals surface area contributed by atoms with Crippen LogP contribution in [0.5, 0.6) is 0 Å². The van der Waals surface area contributed by atoms with Gasteiger partial charge in [0.15, 0.2) is 9.84 Å². The molecule has 1 saturated heterocycles. The maximum atomic E-state index is 12.4. The van der Waals surface area contributed by atoms with Crippen molar-refractivity contribution in [3.8, 4) is 0 Å². The molecule has 7 nitrogen and oxygen atoms in total. The molecule has 5 rings (SSSR count). The monoisotopic (exact) mass is 464 g/mol. The Bertz CT molecular complexity index is 1410. The summed E-state index contributed by atoms with van der Waals surface area (Å²) in [5.41, 5.74) is 3.57. The van der Waals surface area contributed by atoms with Crippen molar-refractivity contribution in [2.45, 2.75) is 23.8 Å². The van der Waals surface area contributed by atoms with Crippen LogP contribution in [0.15, 0.2) is 65.7 Å². The van der Waals surface area contributed by atoms with Gasteiger partial charge in [0, 0.05) is 36.5 Å². The van der Waals surface area contributed by atoms with Gasteiger partial charge in [-0.2, -0.15) is 0 Å². The van der Waals surface area contributed by atoms with Gasteiger partial charge in [0.1, 0.15) is 0 Å². The summed E-state index contributed by atoms with van der Waals surface area (Å²) in [6.07, 6.45) is 4.38. The normalized spacial score (nSPS) is 16.3. The SMILES string of the molecule is CS(=O)(=O)c1ccc2c3ncc(B(O)O)cc3n([C@H](c3ccccc3)C3CCOCC3)c2c1. The van der Waals surface area contributed by atoms with Crippen molar-refractivity contribution in [2.75, 3.05) is 19.5 Å². The van der Waals surface area contributed by atoms with E-state index in [0.717, 1.165) is 34.8 Å². The van der Waals surface area contributed by atoms with Gasteiger partial charge in [0.05, 0.1) is 27.5 Å².